The number of rotatable bonds is 6. The maximum Gasteiger partial charge on any atom is 0.257 e. The third-order valence-corrected chi connectivity index (χ3v) is 5.14. The summed E-state index contributed by atoms with van der Waals surface area (Å²) in [6.07, 6.45) is 1.62. The van der Waals surface area contributed by atoms with Crippen molar-refractivity contribution in [1.82, 2.24) is 4.98 Å². The van der Waals surface area contributed by atoms with E-state index in [1.54, 1.807) is 87.1 Å². The van der Waals surface area contributed by atoms with Gasteiger partial charge in [0.05, 0.1) is 26.3 Å². The van der Waals surface area contributed by atoms with E-state index in [-0.39, 0.29) is 18.2 Å². The number of nitrogens with zero attached hydrogens (tertiary/aromatic N) is 2. The molecule has 3 aromatic rings. The molecular formula is C23H21N3O4. The van der Waals surface area contributed by atoms with Gasteiger partial charge in [0.15, 0.2) is 5.54 Å². The molecule has 7 heteroatoms. The maximum absolute atomic E-state index is 13.6. The van der Waals surface area contributed by atoms with Crippen LogP contribution in [0.4, 0.5) is 11.4 Å². The first-order chi connectivity index (χ1) is 14.6. The zero-order chi connectivity index (χ0) is 21.1. The van der Waals surface area contributed by atoms with Gasteiger partial charge in [0.1, 0.15) is 11.5 Å². The molecule has 30 heavy (non-hydrogen) atoms. The first kappa shape index (κ1) is 19.4. The average molecular weight is 403 g/mol. The summed E-state index contributed by atoms with van der Waals surface area (Å²) in [5.41, 5.74) is 0.359. The summed E-state index contributed by atoms with van der Waals surface area (Å²) in [6, 6.07) is 19.5. The highest BCUT2D eigenvalue weighted by Gasteiger charge is 2.59. The minimum Gasteiger partial charge on any atom is -0.497 e. The van der Waals surface area contributed by atoms with Crippen LogP contribution in [0.1, 0.15) is 12.1 Å². The lowest BCUT2D eigenvalue weighted by Crippen LogP contribution is -2.67. The van der Waals surface area contributed by atoms with Gasteiger partial charge in [-0.3, -0.25) is 19.5 Å². The topological polar surface area (TPSA) is 80.8 Å². The largest absolute Gasteiger partial charge is 0.497 e. The lowest BCUT2D eigenvalue weighted by molar-refractivity contribution is -0.137. The Morgan fingerprint density at radius 3 is 2.40 bits per heavy atom. The Balaban J connectivity index is 1.77. The van der Waals surface area contributed by atoms with E-state index in [9.17, 15) is 9.59 Å². The van der Waals surface area contributed by atoms with E-state index < -0.39 is 5.54 Å². The van der Waals surface area contributed by atoms with Crippen LogP contribution >= 0.6 is 0 Å². The number of β-lactam (4-membered cyclic amide) rings is 1. The number of carbonyl (C=O) groups is 2. The van der Waals surface area contributed by atoms with E-state index in [4.69, 9.17) is 9.47 Å². The first-order valence-corrected chi connectivity index (χ1v) is 9.42. The summed E-state index contributed by atoms with van der Waals surface area (Å²) in [5, 5.41) is 2.92. The van der Waals surface area contributed by atoms with Crippen LogP contribution in [0.15, 0.2) is 72.9 Å². The molecule has 1 aromatic heterocycles. The molecule has 0 spiro atoms. The maximum atomic E-state index is 13.6. The van der Waals surface area contributed by atoms with Gasteiger partial charge in [0, 0.05) is 29.7 Å². The van der Waals surface area contributed by atoms with E-state index in [0.29, 0.717) is 28.6 Å². The fraction of sp³-hybridized carbons (Fsp3) is 0.174. The highest BCUT2D eigenvalue weighted by Crippen LogP contribution is 2.45. The van der Waals surface area contributed by atoms with Crippen molar-refractivity contribution in [2.24, 2.45) is 0 Å². The van der Waals surface area contributed by atoms with Crippen molar-refractivity contribution in [1.29, 1.82) is 0 Å². The number of anilines is 2. The van der Waals surface area contributed by atoms with Gasteiger partial charge in [-0.1, -0.05) is 18.2 Å². The molecule has 0 bridgehead atoms. The third kappa shape index (κ3) is 3.24. The summed E-state index contributed by atoms with van der Waals surface area (Å²) in [4.78, 5) is 32.2. The minimum absolute atomic E-state index is 0.0109. The quantitative estimate of drug-likeness (QED) is 0.639. The van der Waals surface area contributed by atoms with Crippen LogP contribution < -0.4 is 19.7 Å². The fourth-order valence-corrected chi connectivity index (χ4v) is 3.66. The number of carbonyl (C=O) groups excluding carboxylic acids is 2. The van der Waals surface area contributed by atoms with Crippen molar-refractivity contribution in [3.05, 3.63) is 78.6 Å². The number of pyridine rings is 1. The fourth-order valence-electron chi connectivity index (χ4n) is 3.66. The molecule has 1 aliphatic heterocycles. The van der Waals surface area contributed by atoms with Gasteiger partial charge >= 0.3 is 0 Å². The van der Waals surface area contributed by atoms with Crippen molar-refractivity contribution in [2.75, 3.05) is 24.4 Å². The lowest BCUT2D eigenvalue weighted by atomic mass is 9.78. The van der Waals surface area contributed by atoms with Crippen LogP contribution in [0, 0.1) is 0 Å². The van der Waals surface area contributed by atoms with Crippen LogP contribution in [-0.2, 0) is 15.1 Å². The summed E-state index contributed by atoms with van der Waals surface area (Å²) >= 11 is 0. The Hall–Kier alpha value is -3.87. The lowest BCUT2D eigenvalue weighted by Gasteiger charge is -2.49. The number of methoxy groups -OCH3 is 2. The summed E-state index contributed by atoms with van der Waals surface area (Å²) in [5.74, 6) is 0.691. The highest BCUT2D eigenvalue weighted by molar-refractivity contribution is 6.16. The third-order valence-electron chi connectivity index (χ3n) is 5.14. The molecule has 1 atom stereocenters. The van der Waals surface area contributed by atoms with Crippen LogP contribution in [-0.4, -0.2) is 31.0 Å². The summed E-state index contributed by atoms with van der Waals surface area (Å²) in [6.45, 7) is 0. The predicted octanol–water partition coefficient (Wildman–Crippen LogP) is 3.37. The van der Waals surface area contributed by atoms with Crippen molar-refractivity contribution in [3.63, 3.8) is 0 Å². The molecule has 1 N–H and O–H groups in total. The molecule has 2 heterocycles. The first-order valence-electron chi connectivity index (χ1n) is 9.42. The molecule has 0 saturated carbocycles. The molecule has 1 fully saturated rings. The smallest absolute Gasteiger partial charge is 0.257 e. The molecule has 1 aliphatic rings. The van der Waals surface area contributed by atoms with E-state index in [1.165, 1.54) is 4.90 Å². The number of benzene rings is 2. The number of hydrogen-bond acceptors (Lipinski definition) is 5. The highest BCUT2D eigenvalue weighted by atomic mass is 16.5. The summed E-state index contributed by atoms with van der Waals surface area (Å²) < 4.78 is 10.5. The minimum atomic E-state index is -1.27. The number of hydrogen-bond donors (Lipinski definition) is 1. The molecule has 0 aliphatic carbocycles. The van der Waals surface area contributed by atoms with Crippen molar-refractivity contribution < 1.29 is 19.1 Å². The van der Waals surface area contributed by atoms with Gasteiger partial charge < -0.3 is 14.8 Å². The van der Waals surface area contributed by atoms with E-state index in [1.807, 2.05) is 0 Å². The SMILES string of the molecule is COc1cccc(NC(=O)C2(c3ccccn3)CC(=O)N2c2cccc(OC)c2)c1. The second kappa shape index (κ2) is 7.87. The van der Waals surface area contributed by atoms with Gasteiger partial charge in [0.25, 0.3) is 5.91 Å². The van der Waals surface area contributed by atoms with E-state index >= 15 is 0 Å². The van der Waals surface area contributed by atoms with Gasteiger partial charge in [-0.2, -0.15) is 0 Å². The van der Waals surface area contributed by atoms with Crippen molar-refractivity contribution >= 4 is 23.2 Å². The second-order valence-corrected chi connectivity index (χ2v) is 6.87. The number of amides is 2. The Labute approximate surface area is 174 Å². The molecule has 1 unspecified atom stereocenters. The molecule has 0 radical (unpaired) electrons. The Morgan fingerprint density at radius 1 is 1.00 bits per heavy atom. The van der Waals surface area contributed by atoms with E-state index in [2.05, 4.69) is 10.3 Å². The number of aromatic nitrogens is 1. The van der Waals surface area contributed by atoms with Crippen LogP contribution in [0.5, 0.6) is 11.5 Å². The molecule has 7 nitrogen and oxygen atoms in total. The van der Waals surface area contributed by atoms with E-state index in [0.717, 1.165) is 0 Å². The number of nitrogens with one attached hydrogen (secondary N) is 1. The second-order valence-electron chi connectivity index (χ2n) is 6.87. The van der Waals surface area contributed by atoms with Gasteiger partial charge in [-0.05, 0) is 36.4 Å². The number of ether oxygens (including phenoxy) is 2. The molecule has 2 amide bonds. The van der Waals surface area contributed by atoms with Crippen molar-refractivity contribution in [3.8, 4) is 11.5 Å². The van der Waals surface area contributed by atoms with Crippen molar-refractivity contribution in [2.45, 2.75) is 12.0 Å². The Morgan fingerprint density at radius 2 is 1.73 bits per heavy atom. The zero-order valence-corrected chi connectivity index (χ0v) is 16.7. The predicted molar refractivity (Wildman–Crippen MR) is 113 cm³/mol. The molecule has 152 valence electrons. The molecule has 4 rings (SSSR count). The molecule has 2 aromatic carbocycles. The normalized spacial score (nSPS) is 17.8. The monoisotopic (exact) mass is 403 g/mol. The van der Waals surface area contributed by atoms with Gasteiger partial charge in [0.2, 0.25) is 5.91 Å². The standard InChI is InChI=1S/C23H21N3O4/c1-29-18-9-5-7-16(13-18)25-22(28)23(20-11-3-4-12-24-20)15-21(27)26(23)17-8-6-10-19(14-17)30-2/h3-14H,15H2,1-2H3,(H,25,28). The van der Waals surface area contributed by atoms with Gasteiger partial charge in [-0.15, -0.1) is 0 Å². The van der Waals surface area contributed by atoms with Crippen LogP contribution in [0.3, 0.4) is 0 Å². The Bertz CT molecular complexity index is 1090. The average Bonchev–Trinajstić information content (AvgIpc) is 2.78. The molecular weight excluding hydrogens is 382 g/mol. The van der Waals surface area contributed by atoms with Crippen LogP contribution in [0.25, 0.3) is 0 Å². The zero-order valence-electron chi connectivity index (χ0n) is 16.7. The Kier molecular flexibility index (Phi) is 5.10. The summed E-state index contributed by atoms with van der Waals surface area (Å²) in [7, 11) is 3.12. The van der Waals surface area contributed by atoms with Crippen LogP contribution in [0.2, 0.25) is 0 Å². The van der Waals surface area contributed by atoms with Gasteiger partial charge in [-0.25, -0.2) is 0 Å². The molecule has 1 saturated heterocycles.